The summed E-state index contributed by atoms with van der Waals surface area (Å²) < 4.78 is 13.1. The second-order valence-corrected chi connectivity index (χ2v) is 8.58. The Morgan fingerprint density at radius 2 is 1.81 bits per heavy atom. The molecule has 32 heavy (non-hydrogen) atoms. The standard InChI is InChI=1S/C24H30FN5O2/c1-16(31)29-12-9-18(10-13-29)23-27-21-11-14-30(15-20(21)24(26-2)28-23)22(32)8-5-17-3-6-19(25)7-4-17/h3-4,6-7,18H,5,8-15H2,1-2H3,(H,26,27,28). The summed E-state index contributed by atoms with van der Waals surface area (Å²) in [5.74, 6) is 1.81. The van der Waals surface area contributed by atoms with Gasteiger partial charge in [-0.3, -0.25) is 9.59 Å². The Balaban J connectivity index is 1.42. The summed E-state index contributed by atoms with van der Waals surface area (Å²) in [7, 11) is 1.85. The molecule has 1 N–H and O–H groups in total. The number of nitrogens with zero attached hydrogens (tertiary/aromatic N) is 4. The first kappa shape index (κ1) is 22.2. The van der Waals surface area contributed by atoms with Crippen molar-refractivity contribution in [1.82, 2.24) is 19.8 Å². The van der Waals surface area contributed by atoms with E-state index in [1.54, 1.807) is 19.1 Å². The number of nitrogens with one attached hydrogen (secondary N) is 1. The third-order valence-electron chi connectivity index (χ3n) is 6.51. The van der Waals surface area contributed by atoms with E-state index >= 15 is 0 Å². The van der Waals surface area contributed by atoms with E-state index in [2.05, 4.69) is 5.32 Å². The van der Waals surface area contributed by atoms with Crippen molar-refractivity contribution in [2.24, 2.45) is 0 Å². The lowest BCUT2D eigenvalue weighted by atomic mass is 9.95. The molecule has 1 aromatic carbocycles. The Morgan fingerprint density at radius 1 is 1.09 bits per heavy atom. The first-order chi connectivity index (χ1) is 15.4. The molecule has 2 aromatic rings. The maximum absolute atomic E-state index is 13.1. The molecule has 0 aliphatic carbocycles. The number of aryl methyl sites for hydroxylation is 1. The molecular formula is C24H30FN5O2. The van der Waals surface area contributed by atoms with Gasteiger partial charge in [-0.1, -0.05) is 12.1 Å². The fraction of sp³-hybridized carbons (Fsp3) is 0.500. The van der Waals surface area contributed by atoms with E-state index in [1.807, 2.05) is 16.8 Å². The van der Waals surface area contributed by atoms with Crippen molar-refractivity contribution < 1.29 is 14.0 Å². The lowest BCUT2D eigenvalue weighted by Gasteiger charge is -2.33. The number of anilines is 1. The molecule has 1 aromatic heterocycles. The summed E-state index contributed by atoms with van der Waals surface area (Å²) in [4.78, 5) is 37.8. The largest absolute Gasteiger partial charge is 0.373 e. The highest BCUT2D eigenvalue weighted by molar-refractivity contribution is 5.77. The highest BCUT2D eigenvalue weighted by Crippen LogP contribution is 2.30. The molecule has 2 aliphatic heterocycles. The minimum Gasteiger partial charge on any atom is -0.373 e. The Hall–Kier alpha value is -3.03. The highest BCUT2D eigenvalue weighted by Gasteiger charge is 2.29. The van der Waals surface area contributed by atoms with Crippen molar-refractivity contribution in [3.63, 3.8) is 0 Å². The predicted molar refractivity (Wildman–Crippen MR) is 120 cm³/mol. The number of carbonyl (C=O) groups is 2. The number of rotatable bonds is 5. The van der Waals surface area contributed by atoms with Gasteiger partial charge in [-0.25, -0.2) is 14.4 Å². The Bertz CT molecular complexity index is 969. The van der Waals surface area contributed by atoms with E-state index in [-0.39, 0.29) is 23.5 Å². The molecule has 0 bridgehead atoms. The van der Waals surface area contributed by atoms with Crippen LogP contribution in [0.3, 0.4) is 0 Å². The minimum atomic E-state index is -0.268. The zero-order chi connectivity index (χ0) is 22.7. The topological polar surface area (TPSA) is 78.4 Å². The van der Waals surface area contributed by atoms with Crippen LogP contribution in [-0.4, -0.2) is 58.3 Å². The maximum atomic E-state index is 13.1. The van der Waals surface area contributed by atoms with Gasteiger partial charge in [0.15, 0.2) is 0 Å². The van der Waals surface area contributed by atoms with Gasteiger partial charge < -0.3 is 15.1 Å². The summed E-state index contributed by atoms with van der Waals surface area (Å²) in [5.41, 5.74) is 2.95. The fourth-order valence-corrected chi connectivity index (χ4v) is 4.55. The second kappa shape index (κ2) is 9.63. The molecule has 8 heteroatoms. The van der Waals surface area contributed by atoms with Crippen LogP contribution in [0.4, 0.5) is 10.2 Å². The number of carbonyl (C=O) groups excluding carboxylic acids is 2. The molecule has 1 saturated heterocycles. The summed E-state index contributed by atoms with van der Waals surface area (Å²) in [5, 5.41) is 3.20. The zero-order valence-electron chi connectivity index (χ0n) is 18.7. The van der Waals surface area contributed by atoms with Crippen LogP contribution < -0.4 is 5.32 Å². The average molecular weight is 440 g/mol. The van der Waals surface area contributed by atoms with Crippen LogP contribution in [0.5, 0.6) is 0 Å². The molecule has 7 nitrogen and oxygen atoms in total. The number of hydrogen-bond donors (Lipinski definition) is 1. The molecule has 2 amide bonds. The number of aromatic nitrogens is 2. The average Bonchev–Trinajstić information content (AvgIpc) is 2.82. The van der Waals surface area contributed by atoms with Gasteiger partial charge in [0.2, 0.25) is 11.8 Å². The number of hydrogen-bond acceptors (Lipinski definition) is 5. The SMILES string of the molecule is CNc1nc(C2CCN(C(C)=O)CC2)nc2c1CN(C(=O)CCc1ccc(F)cc1)CC2. The van der Waals surface area contributed by atoms with E-state index < -0.39 is 0 Å². The smallest absolute Gasteiger partial charge is 0.223 e. The molecule has 4 rings (SSSR count). The first-order valence-corrected chi connectivity index (χ1v) is 11.3. The number of halogens is 1. The number of amides is 2. The maximum Gasteiger partial charge on any atom is 0.223 e. The summed E-state index contributed by atoms with van der Waals surface area (Å²) >= 11 is 0. The molecular weight excluding hydrogens is 409 g/mol. The lowest BCUT2D eigenvalue weighted by molar-refractivity contribution is -0.132. The lowest BCUT2D eigenvalue weighted by Crippen LogP contribution is -2.38. The highest BCUT2D eigenvalue weighted by atomic mass is 19.1. The van der Waals surface area contributed by atoms with Gasteiger partial charge in [0.1, 0.15) is 17.5 Å². The van der Waals surface area contributed by atoms with E-state index in [4.69, 9.17) is 9.97 Å². The monoisotopic (exact) mass is 439 g/mol. The van der Waals surface area contributed by atoms with Crippen LogP contribution >= 0.6 is 0 Å². The van der Waals surface area contributed by atoms with Crippen molar-refractivity contribution >= 4 is 17.6 Å². The number of benzene rings is 1. The van der Waals surface area contributed by atoms with Gasteiger partial charge in [-0.15, -0.1) is 0 Å². The fourth-order valence-electron chi connectivity index (χ4n) is 4.55. The molecule has 3 heterocycles. The van der Waals surface area contributed by atoms with Crippen molar-refractivity contribution in [3.8, 4) is 0 Å². The van der Waals surface area contributed by atoms with Gasteiger partial charge in [-0.05, 0) is 37.0 Å². The van der Waals surface area contributed by atoms with Crippen LogP contribution in [0.25, 0.3) is 0 Å². The molecule has 0 atom stereocenters. The second-order valence-electron chi connectivity index (χ2n) is 8.58. The van der Waals surface area contributed by atoms with Crippen molar-refractivity contribution in [2.75, 3.05) is 32.0 Å². The number of piperidine rings is 1. The molecule has 1 fully saturated rings. The van der Waals surface area contributed by atoms with Crippen molar-refractivity contribution in [1.29, 1.82) is 0 Å². The van der Waals surface area contributed by atoms with E-state index in [0.29, 0.717) is 32.4 Å². The van der Waals surface area contributed by atoms with Gasteiger partial charge in [-0.2, -0.15) is 0 Å². The molecule has 0 unspecified atom stereocenters. The van der Waals surface area contributed by atoms with Crippen LogP contribution in [0.1, 0.15) is 54.7 Å². The van der Waals surface area contributed by atoms with Crippen LogP contribution in [0.15, 0.2) is 24.3 Å². The molecule has 0 spiro atoms. The Morgan fingerprint density at radius 3 is 2.47 bits per heavy atom. The number of likely N-dealkylation sites (tertiary alicyclic amines) is 1. The van der Waals surface area contributed by atoms with Crippen LogP contribution in [0.2, 0.25) is 0 Å². The van der Waals surface area contributed by atoms with Gasteiger partial charge >= 0.3 is 0 Å². The quantitative estimate of drug-likeness (QED) is 0.775. The van der Waals surface area contributed by atoms with Gasteiger partial charge in [0.05, 0.1) is 12.2 Å². The Kier molecular flexibility index (Phi) is 6.67. The third-order valence-corrected chi connectivity index (χ3v) is 6.51. The van der Waals surface area contributed by atoms with Crippen molar-refractivity contribution in [3.05, 3.63) is 52.7 Å². The van der Waals surface area contributed by atoms with Gasteiger partial charge in [0, 0.05) is 57.9 Å². The summed E-state index contributed by atoms with van der Waals surface area (Å²) in [6.07, 6.45) is 3.43. The van der Waals surface area contributed by atoms with E-state index in [9.17, 15) is 14.0 Å². The van der Waals surface area contributed by atoms with Crippen LogP contribution in [-0.2, 0) is 29.0 Å². The molecule has 2 aliphatic rings. The predicted octanol–water partition coefficient (Wildman–Crippen LogP) is 2.90. The van der Waals surface area contributed by atoms with Crippen LogP contribution in [0, 0.1) is 5.82 Å². The molecule has 0 radical (unpaired) electrons. The molecule has 0 saturated carbocycles. The first-order valence-electron chi connectivity index (χ1n) is 11.3. The summed E-state index contributed by atoms with van der Waals surface area (Å²) in [6.45, 7) is 4.23. The number of fused-ring (bicyclic) bond motifs is 1. The van der Waals surface area contributed by atoms with Gasteiger partial charge in [0.25, 0.3) is 0 Å². The third kappa shape index (κ3) is 4.89. The molecule has 170 valence electrons. The van der Waals surface area contributed by atoms with E-state index in [1.165, 1.54) is 12.1 Å². The Labute approximate surface area is 188 Å². The summed E-state index contributed by atoms with van der Waals surface area (Å²) in [6, 6.07) is 6.30. The van der Waals surface area contributed by atoms with E-state index in [0.717, 1.165) is 54.4 Å². The normalized spacial score (nSPS) is 16.6. The van der Waals surface area contributed by atoms with Crippen molar-refractivity contribution in [2.45, 2.75) is 51.5 Å². The minimum absolute atomic E-state index is 0.0858. The zero-order valence-corrected chi connectivity index (χ0v) is 18.7.